The molecule has 0 bridgehead atoms. The van der Waals surface area contributed by atoms with Gasteiger partial charge in [0.2, 0.25) is 0 Å². The molecule has 0 nitrogen and oxygen atoms in total. The van der Waals surface area contributed by atoms with E-state index in [1.54, 1.807) is 0 Å². The predicted octanol–water partition coefficient (Wildman–Crippen LogP) is 3.31. The van der Waals surface area contributed by atoms with Crippen LogP contribution in [0.5, 0.6) is 0 Å². The van der Waals surface area contributed by atoms with Crippen molar-refractivity contribution in [3.8, 4) is 0 Å². The molecule has 0 aliphatic rings. The molecule has 0 aromatic rings. The van der Waals surface area contributed by atoms with Crippen molar-refractivity contribution in [3.05, 3.63) is 23.3 Å². The van der Waals surface area contributed by atoms with E-state index in [2.05, 4.69) is 39.8 Å². The number of rotatable bonds is 2. The number of hydrogen-bond donors (Lipinski definition) is 0. The quantitative estimate of drug-likeness (QED) is 0.495. The first-order valence-corrected chi connectivity index (χ1v) is 3.52. The second kappa shape index (κ2) is 4.37. The molecule has 0 saturated carbocycles. The van der Waals surface area contributed by atoms with Crippen molar-refractivity contribution in [2.45, 2.75) is 34.1 Å². The summed E-state index contributed by atoms with van der Waals surface area (Å²) < 4.78 is 0. The first-order valence-electron chi connectivity index (χ1n) is 3.52. The molecule has 0 heteroatoms. The maximum absolute atomic E-state index is 2.25. The summed E-state index contributed by atoms with van der Waals surface area (Å²) in [5.41, 5.74) is 2.79. The molecule has 0 saturated heterocycles. The molecule has 9 heavy (non-hydrogen) atoms. The maximum atomic E-state index is 2.25. The SMILES string of the molecule is C/C=C(C)\C(C)=C/CC. The van der Waals surface area contributed by atoms with Gasteiger partial charge in [0, 0.05) is 0 Å². The van der Waals surface area contributed by atoms with E-state index >= 15 is 0 Å². The van der Waals surface area contributed by atoms with Crippen LogP contribution in [0.4, 0.5) is 0 Å². The summed E-state index contributed by atoms with van der Waals surface area (Å²) in [6.45, 7) is 8.52. The van der Waals surface area contributed by atoms with Crippen LogP contribution in [0.3, 0.4) is 0 Å². The second-order valence-electron chi connectivity index (χ2n) is 2.27. The number of hydrogen-bond acceptors (Lipinski definition) is 0. The number of allylic oxidation sites excluding steroid dienone is 4. The maximum Gasteiger partial charge on any atom is -0.0374 e. The predicted molar refractivity (Wildman–Crippen MR) is 43.5 cm³/mol. The summed E-state index contributed by atoms with van der Waals surface area (Å²) in [6.07, 6.45) is 5.52. The van der Waals surface area contributed by atoms with E-state index in [9.17, 15) is 0 Å². The van der Waals surface area contributed by atoms with E-state index in [-0.39, 0.29) is 0 Å². The highest BCUT2D eigenvalue weighted by Crippen LogP contribution is 2.07. The van der Waals surface area contributed by atoms with Crippen LogP contribution >= 0.6 is 0 Å². The summed E-state index contributed by atoms with van der Waals surface area (Å²) in [5.74, 6) is 0. The fraction of sp³-hybridized carbons (Fsp3) is 0.556. The van der Waals surface area contributed by atoms with E-state index in [0.29, 0.717) is 0 Å². The molecule has 0 spiro atoms. The van der Waals surface area contributed by atoms with Crippen molar-refractivity contribution >= 4 is 0 Å². The molecule has 0 rings (SSSR count). The van der Waals surface area contributed by atoms with Crippen LogP contribution in [-0.2, 0) is 0 Å². The van der Waals surface area contributed by atoms with Crippen molar-refractivity contribution < 1.29 is 0 Å². The topological polar surface area (TPSA) is 0 Å². The molecule has 52 valence electrons. The Bertz CT molecular complexity index is 127. The molecule has 0 radical (unpaired) electrons. The summed E-state index contributed by atoms with van der Waals surface area (Å²) in [4.78, 5) is 0. The lowest BCUT2D eigenvalue weighted by Gasteiger charge is -1.97. The minimum Gasteiger partial charge on any atom is -0.0845 e. The lowest BCUT2D eigenvalue weighted by Crippen LogP contribution is -1.76. The van der Waals surface area contributed by atoms with Gasteiger partial charge in [0.1, 0.15) is 0 Å². The molecule has 0 aromatic carbocycles. The van der Waals surface area contributed by atoms with Crippen LogP contribution in [-0.4, -0.2) is 0 Å². The Kier molecular flexibility index (Phi) is 4.12. The Morgan fingerprint density at radius 3 is 2.11 bits per heavy atom. The van der Waals surface area contributed by atoms with Crippen molar-refractivity contribution in [3.63, 3.8) is 0 Å². The van der Waals surface area contributed by atoms with Crippen LogP contribution in [0.2, 0.25) is 0 Å². The van der Waals surface area contributed by atoms with E-state index < -0.39 is 0 Å². The van der Waals surface area contributed by atoms with Crippen molar-refractivity contribution in [2.24, 2.45) is 0 Å². The lowest BCUT2D eigenvalue weighted by atomic mass is 10.1. The smallest absolute Gasteiger partial charge is 0.0374 e. The highest BCUT2D eigenvalue weighted by molar-refractivity contribution is 5.25. The van der Waals surface area contributed by atoms with Gasteiger partial charge in [-0.3, -0.25) is 0 Å². The van der Waals surface area contributed by atoms with Gasteiger partial charge in [-0.2, -0.15) is 0 Å². The average Bonchev–Trinajstić information content (AvgIpc) is 1.87. The Hall–Kier alpha value is -0.520. The first-order chi connectivity index (χ1) is 4.22. The van der Waals surface area contributed by atoms with Gasteiger partial charge in [-0.05, 0) is 27.2 Å². The highest BCUT2D eigenvalue weighted by atomic mass is 13.9. The molecule has 0 atom stereocenters. The van der Waals surface area contributed by atoms with Gasteiger partial charge in [0.25, 0.3) is 0 Å². The summed E-state index contributed by atoms with van der Waals surface area (Å²) in [6, 6.07) is 0. The zero-order valence-corrected chi connectivity index (χ0v) is 6.86. The van der Waals surface area contributed by atoms with Crippen LogP contribution in [0.15, 0.2) is 23.3 Å². The van der Waals surface area contributed by atoms with Crippen molar-refractivity contribution in [1.82, 2.24) is 0 Å². The molecule has 0 N–H and O–H groups in total. The van der Waals surface area contributed by atoms with Crippen molar-refractivity contribution in [2.75, 3.05) is 0 Å². The van der Waals surface area contributed by atoms with Gasteiger partial charge in [-0.15, -0.1) is 0 Å². The Balaban J connectivity index is 4.03. The third-order valence-corrected chi connectivity index (χ3v) is 1.57. The average molecular weight is 124 g/mol. The molecule has 0 fully saturated rings. The van der Waals surface area contributed by atoms with Gasteiger partial charge in [0.15, 0.2) is 0 Å². The van der Waals surface area contributed by atoms with E-state index in [1.165, 1.54) is 11.1 Å². The molecule has 0 unspecified atom stereocenters. The van der Waals surface area contributed by atoms with Gasteiger partial charge >= 0.3 is 0 Å². The van der Waals surface area contributed by atoms with Crippen LogP contribution in [0, 0.1) is 0 Å². The first kappa shape index (κ1) is 8.48. The Morgan fingerprint density at radius 1 is 1.22 bits per heavy atom. The van der Waals surface area contributed by atoms with Gasteiger partial charge in [-0.1, -0.05) is 30.2 Å². The van der Waals surface area contributed by atoms with Crippen LogP contribution in [0.25, 0.3) is 0 Å². The molecule has 0 aliphatic heterocycles. The van der Waals surface area contributed by atoms with E-state index in [4.69, 9.17) is 0 Å². The normalized spacial score (nSPS) is 14.2. The Labute approximate surface area is 58.3 Å². The monoisotopic (exact) mass is 124 g/mol. The molecular weight excluding hydrogens is 108 g/mol. The zero-order chi connectivity index (χ0) is 7.28. The van der Waals surface area contributed by atoms with E-state index in [1.807, 2.05) is 0 Å². The second-order valence-corrected chi connectivity index (χ2v) is 2.27. The standard InChI is InChI=1S/C9H16/c1-5-7-9(4)8(3)6-2/h6-7H,5H2,1-4H3/b8-6-,9-7-. The highest BCUT2D eigenvalue weighted by Gasteiger charge is 1.86. The van der Waals surface area contributed by atoms with Gasteiger partial charge in [-0.25, -0.2) is 0 Å². The van der Waals surface area contributed by atoms with Gasteiger partial charge in [0.05, 0.1) is 0 Å². The zero-order valence-electron chi connectivity index (χ0n) is 6.86. The molecule has 0 heterocycles. The molecule has 0 aliphatic carbocycles. The minimum absolute atomic E-state index is 1.14. The van der Waals surface area contributed by atoms with Gasteiger partial charge < -0.3 is 0 Å². The fourth-order valence-electron chi connectivity index (χ4n) is 0.695. The molecule has 0 aromatic heterocycles. The molecular formula is C9H16. The summed E-state index contributed by atoms with van der Waals surface area (Å²) in [7, 11) is 0. The third-order valence-electron chi connectivity index (χ3n) is 1.57. The van der Waals surface area contributed by atoms with Crippen LogP contribution in [0.1, 0.15) is 34.1 Å². The lowest BCUT2D eigenvalue weighted by molar-refractivity contribution is 1.17. The third kappa shape index (κ3) is 3.12. The molecule has 0 amide bonds. The summed E-state index contributed by atoms with van der Waals surface area (Å²) in [5, 5.41) is 0. The fourth-order valence-corrected chi connectivity index (χ4v) is 0.695. The van der Waals surface area contributed by atoms with Crippen LogP contribution < -0.4 is 0 Å². The van der Waals surface area contributed by atoms with Crippen molar-refractivity contribution in [1.29, 1.82) is 0 Å². The summed E-state index contributed by atoms with van der Waals surface area (Å²) >= 11 is 0. The Morgan fingerprint density at radius 2 is 1.78 bits per heavy atom. The largest absolute Gasteiger partial charge is 0.0845 e. The minimum atomic E-state index is 1.14. The van der Waals surface area contributed by atoms with E-state index in [0.717, 1.165) is 6.42 Å².